The molecule has 0 saturated heterocycles. The molecule has 0 aliphatic carbocycles. The van der Waals surface area contributed by atoms with Crippen LogP contribution in [0.5, 0.6) is 5.75 Å². The number of ether oxygens (including phenoxy) is 1. The van der Waals surface area contributed by atoms with Crippen molar-refractivity contribution in [3.05, 3.63) is 64.7 Å². The molecule has 1 N–H and O–H groups in total. The summed E-state index contributed by atoms with van der Waals surface area (Å²) in [5, 5.41) is 3.72. The molecule has 2 rings (SSSR count). The zero-order valence-corrected chi connectivity index (χ0v) is 13.7. The summed E-state index contributed by atoms with van der Waals surface area (Å²) >= 11 is 0. The number of aryl methyl sites for hydroxylation is 2. The number of nitrogens with one attached hydrogen (secondary N) is 1. The number of carbonyl (C=O) groups excluding carboxylic acids is 1. The van der Waals surface area contributed by atoms with Gasteiger partial charge in [-0.05, 0) is 56.2 Å². The summed E-state index contributed by atoms with van der Waals surface area (Å²) in [4.78, 5) is 11.8. The Morgan fingerprint density at radius 1 is 1.12 bits per heavy atom. The number of halogens is 2. The van der Waals surface area contributed by atoms with Crippen molar-refractivity contribution >= 4 is 11.6 Å². The summed E-state index contributed by atoms with van der Waals surface area (Å²) < 4.78 is 32.6. The number of rotatable bonds is 5. The summed E-state index contributed by atoms with van der Waals surface area (Å²) in [6, 6.07) is 9.12. The monoisotopic (exact) mass is 332 g/mol. The SMILES string of the molecule is C/C(=N/NC(=O)COc1cc(C)cc(C)c1)c1c(F)cccc1F. The van der Waals surface area contributed by atoms with Crippen LogP contribution in [-0.2, 0) is 4.79 Å². The molecule has 0 bridgehead atoms. The van der Waals surface area contributed by atoms with E-state index in [1.165, 1.54) is 13.0 Å². The van der Waals surface area contributed by atoms with Crippen molar-refractivity contribution < 1.29 is 18.3 Å². The second-order valence-corrected chi connectivity index (χ2v) is 5.44. The normalized spacial score (nSPS) is 11.3. The highest BCUT2D eigenvalue weighted by molar-refractivity contribution is 5.99. The van der Waals surface area contributed by atoms with Gasteiger partial charge in [0.2, 0.25) is 0 Å². The largest absolute Gasteiger partial charge is 0.484 e. The molecule has 0 saturated carbocycles. The van der Waals surface area contributed by atoms with Gasteiger partial charge in [0.05, 0.1) is 11.3 Å². The molecule has 0 heterocycles. The molecule has 0 spiro atoms. The third-order valence-electron chi connectivity index (χ3n) is 3.24. The van der Waals surface area contributed by atoms with Gasteiger partial charge in [0.25, 0.3) is 5.91 Å². The summed E-state index contributed by atoms with van der Waals surface area (Å²) in [6.45, 7) is 5.01. The Balaban J connectivity index is 1.97. The number of amides is 1. The highest BCUT2D eigenvalue weighted by atomic mass is 19.1. The third kappa shape index (κ3) is 4.62. The topological polar surface area (TPSA) is 50.7 Å². The lowest BCUT2D eigenvalue weighted by atomic mass is 10.1. The van der Waals surface area contributed by atoms with Crippen LogP contribution in [-0.4, -0.2) is 18.2 Å². The molecule has 1 amide bonds. The van der Waals surface area contributed by atoms with Crippen molar-refractivity contribution in [2.45, 2.75) is 20.8 Å². The molecule has 24 heavy (non-hydrogen) atoms. The fourth-order valence-corrected chi connectivity index (χ4v) is 2.24. The van der Waals surface area contributed by atoms with E-state index in [2.05, 4.69) is 10.5 Å². The molecule has 0 aliphatic heterocycles. The van der Waals surface area contributed by atoms with Gasteiger partial charge in [-0.25, -0.2) is 14.2 Å². The predicted octanol–water partition coefficient (Wildman–Crippen LogP) is 3.50. The van der Waals surface area contributed by atoms with Gasteiger partial charge in [0, 0.05) is 0 Å². The average Bonchev–Trinajstić information content (AvgIpc) is 2.50. The van der Waals surface area contributed by atoms with Crippen LogP contribution in [0.2, 0.25) is 0 Å². The van der Waals surface area contributed by atoms with Crippen molar-refractivity contribution in [2.75, 3.05) is 6.61 Å². The summed E-state index contributed by atoms with van der Waals surface area (Å²) in [6.07, 6.45) is 0. The van der Waals surface area contributed by atoms with E-state index < -0.39 is 17.5 Å². The molecule has 126 valence electrons. The van der Waals surface area contributed by atoms with E-state index in [-0.39, 0.29) is 17.9 Å². The lowest BCUT2D eigenvalue weighted by molar-refractivity contribution is -0.123. The van der Waals surface area contributed by atoms with Gasteiger partial charge in [-0.15, -0.1) is 0 Å². The van der Waals surface area contributed by atoms with Crippen LogP contribution >= 0.6 is 0 Å². The van der Waals surface area contributed by atoms with Crippen molar-refractivity contribution in [1.82, 2.24) is 5.43 Å². The smallest absolute Gasteiger partial charge is 0.277 e. The van der Waals surface area contributed by atoms with Gasteiger partial charge in [-0.1, -0.05) is 12.1 Å². The standard InChI is InChI=1S/C18H18F2N2O2/c1-11-7-12(2)9-14(8-11)24-10-17(23)22-21-13(3)18-15(19)5-4-6-16(18)20/h4-9H,10H2,1-3H3,(H,22,23)/b21-13-. The molecule has 0 atom stereocenters. The minimum absolute atomic E-state index is 0.0327. The van der Waals surface area contributed by atoms with Gasteiger partial charge in [0.1, 0.15) is 17.4 Å². The van der Waals surface area contributed by atoms with Crippen LogP contribution in [0.1, 0.15) is 23.6 Å². The van der Waals surface area contributed by atoms with E-state index in [0.29, 0.717) is 5.75 Å². The summed E-state index contributed by atoms with van der Waals surface area (Å²) in [5.41, 5.74) is 4.03. The first-order chi connectivity index (χ1) is 11.4. The summed E-state index contributed by atoms with van der Waals surface area (Å²) in [5.74, 6) is -1.43. The average molecular weight is 332 g/mol. The Bertz CT molecular complexity index is 748. The van der Waals surface area contributed by atoms with Crippen LogP contribution in [0.15, 0.2) is 41.5 Å². The molecule has 2 aromatic carbocycles. The fraction of sp³-hybridized carbons (Fsp3) is 0.222. The van der Waals surface area contributed by atoms with Crippen LogP contribution in [0.3, 0.4) is 0 Å². The highest BCUT2D eigenvalue weighted by Gasteiger charge is 2.12. The Morgan fingerprint density at radius 3 is 2.29 bits per heavy atom. The first-order valence-corrected chi connectivity index (χ1v) is 7.35. The first-order valence-electron chi connectivity index (χ1n) is 7.35. The maximum atomic E-state index is 13.6. The molecule has 0 radical (unpaired) electrons. The molecule has 4 nitrogen and oxygen atoms in total. The minimum atomic E-state index is -0.739. The second kappa shape index (κ2) is 7.68. The molecule has 0 aromatic heterocycles. The van der Waals surface area contributed by atoms with E-state index >= 15 is 0 Å². The number of hydrazone groups is 1. The van der Waals surface area contributed by atoms with Gasteiger partial charge in [0.15, 0.2) is 6.61 Å². The highest BCUT2D eigenvalue weighted by Crippen LogP contribution is 2.16. The van der Waals surface area contributed by atoms with E-state index in [9.17, 15) is 13.6 Å². The van der Waals surface area contributed by atoms with Crippen LogP contribution in [0, 0.1) is 25.5 Å². The quantitative estimate of drug-likeness (QED) is 0.673. The third-order valence-corrected chi connectivity index (χ3v) is 3.24. The number of hydrogen-bond donors (Lipinski definition) is 1. The van der Waals surface area contributed by atoms with Crippen molar-refractivity contribution in [3.8, 4) is 5.75 Å². The number of carbonyl (C=O) groups is 1. The summed E-state index contributed by atoms with van der Waals surface area (Å²) in [7, 11) is 0. The van der Waals surface area contributed by atoms with Crippen LogP contribution in [0.4, 0.5) is 8.78 Å². The maximum Gasteiger partial charge on any atom is 0.277 e. The molecular formula is C18H18F2N2O2. The first kappa shape index (κ1) is 17.6. The molecule has 6 heteroatoms. The zero-order valence-electron chi connectivity index (χ0n) is 13.7. The van der Waals surface area contributed by atoms with Crippen LogP contribution in [0.25, 0.3) is 0 Å². The molecule has 2 aromatic rings. The predicted molar refractivity (Wildman–Crippen MR) is 88.1 cm³/mol. The fourth-order valence-electron chi connectivity index (χ4n) is 2.24. The molecular weight excluding hydrogens is 314 g/mol. The lowest BCUT2D eigenvalue weighted by Gasteiger charge is -2.08. The molecule has 0 fully saturated rings. The number of hydrogen-bond acceptors (Lipinski definition) is 3. The van der Waals surface area contributed by atoms with E-state index in [1.54, 1.807) is 0 Å². The van der Waals surface area contributed by atoms with Gasteiger partial charge in [-0.2, -0.15) is 5.10 Å². The van der Waals surface area contributed by atoms with Gasteiger partial charge < -0.3 is 4.74 Å². The van der Waals surface area contributed by atoms with Crippen molar-refractivity contribution in [2.24, 2.45) is 5.10 Å². The number of nitrogens with zero attached hydrogens (tertiary/aromatic N) is 1. The van der Waals surface area contributed by atoms with E-state index in [4.69, 9.17) is 4.74 Å². The van der Waals surface area contributed by atoms with Crippen molar-refractivity contribution in [3.63, 3.8) is 0 Å². The Hall–Kier alpha value is -2.76. The van der Waals surface area contributed by atoms with E-state index in [1.807, 2.05) is 32.0 Å². The Kier molecular flexibility index (Phi) is 5.63. The molecule has 0 unspecified atom stereocenters. The maximum absolute atomic E-state index is 13.6. The van der Waals surface area contributed by atoms with Crippen LogP contribution < -0.4 is 10.2 Å². The van der Waals surface area contributed by atoms with Gasteiger partial charge >= 0.3 is 0 Å². The van der Waals surface area contributed by atoms with Crippen molar-refractivity contribution in [1.29, 1.82) is 0 Å². The Morgan fingerprint density at radius 2 is 1.71 bits per heavy atom. The van der Waals surface area contributed by atoms with Gasteiger partial charge in [-0.3, -0.25) is 4.79 Å². The number of benzene rings is 2. The minimum Gasteiger partial charge on any atom is -0.484 e. The Labute approximate surface area is 139 Å². The lowest BCUT2D eigenvalue weighted by Crippen LogP contribution is -2.26. The van der Waals surface area contributed by atoms with E-state index in [0.717, 1.165) is 23.3 Å². The second-order valence-electron chi connectivity index (χ2n) is 5.44. The molecule has 0 aliphatic rings. The zero-order chi connectivity index (χ0) is 17.7.